The second kappa shape index (κ2) is 5.76. The van der Waals surface area contributed by atoms with Gasteiger partial charge in [-0.1, -0.05) is 12.1 Å². The maximum Gasteiger partial charge on any atom is 0.408 e. The van der Waals surface area contributed by atoms with Gasteiger partial charge in [-0.25, -0.2) is 9.59 Å². The van der Waals surface area contributed by atoms with Gasteiger partial charge in [0.25, 0.3) is 0 Å². The summed E-state index contributed by atoms with van der Waals surface area (Å²) in [6, 6.07) is 7.50. The van der Waals surface area contributed by atoms with Gasteiger partial charge in [0, 0.05) is 17.6 Å². The van der Waals surface area contributed by atoms with Crippen LogP contribution in [0.25, 0.3) is 11.0 Å². The quantitative estimate of drug-likeness (QED) is 0.907. The Hall–Kier alpha value is -2.24. The lowest BCUT2D eigenvalue weighted by molar-refractivity contribution is 0.0272. The van der Waals surface area contributed by atoms with E-state index >= 15 is 0 Å². The minimum Gasteiger partial charge on any atom is -0.465 e. The first kappa shape index (κ1) is 17.1. The highest BCUT2D eigenvalue weighted by Gasteiger charge is 2.38. The van der Waals surface area contributed by atoms with Crippen molar-refractivity contribution in [2.24, 2.45) is 0 Å². The van der Waals surface area contributed by atoms with E-state index < -0.39 is 17.2 Å². The molecule has 0 radical (unpaired) electrons. The molecule has 0 bridgehead atoms. The maximum absolute atomic E-state index is 12.1. The number of nitrogens with one attached hydrogen (secondary N) is 1. The van der Waals surface area contributed by atoms with Crippen molar-refractivity contribution in [1.29, 1.82) is 0 Å². The maximum atomic E-state index is 12.1. The molecule has 0 atom stereocenters. The van der Waals surface area contributed by atoms with Crippen LogP contribution in [0.5, 0.6) is 0 Å². The number of benzene rings is 1. The van der Waals surface area contributed by atoms with Crippen LogP contribution in [-0.4, -0.2) is 36.7 Å². The fourth-order valence-corrected chi connectivity index (χ4v) is 3.28. The molecule has 1 amide bonds. The van der Waals surface area contributed by atoms with Crippen LogP contribution in [0.2, 0.25) is 0 Å². The highest BCUT2D eigenvalue weighted by Crippen LogP contribution is 2.28. The molecule has 6 nitrogen and oxygen atoms in total. The van der Waals surface area contributed by atoms with E-state index in [1.54, 1.807) is 4.57 Å². The number of hydrogen-bond acceptors (Lipinski definition) is 2. The fourth-order valence-electron chi connectivity index (χ4n) is 3.28. The predicted molar refractivity (Wildman–Crippen MR) is 90.9 cm³/mol. The largest absolute Gasteiger partial charge is 0.465 e. The first-order chi connectivity index (χ1) is 10.5. The first-order valence-corrected chi connectivity index (χ1v) is 7.75. The number of aryl methyl sites for hydroxylation is 1. The van der Waals surface area contributed by atoms with Gasteiger partial charge in [-0.3, -0.25) is 9.47 Å². The standard InChI is InChI=1S/C17H25N3O3/c1-16(2,3)20(15(22)23)17(4,5)10-11-19-13-9-7-6-8-12(13)18-14(19)21/h6-9H,10-11H2,1-5H3,(H,18,21)(H,22,23). The zero-order chi connectivity index (χ0) is 17.4. The Labute approximate surface area is 135 Å². The van der Waals surface area contributed by atoms with Crippen molar-refractivity contribution >= 4 is 17.1 Å². The minimum atomic E-state index is -0.950. The number of para-hydroxylation sites is 2. The molecule has 0 aliphatic heterocycles. The van der Waals surface area contributed by atoms with Crippen LogP contribution in [0, 0.1) is 0 Å². The van der Waals surface area contributed by atoms with Gasteiger partial charge < -0.3 is 10.1 Å². The van der Waals surface area contributed by atoms with Gasteiger partial charge in [0.05, 0.1) is 11.0 Å². The van der Waals surface area contributed by atoms with Crippen LogP contribution in [-0.2, 0) is 6.54 Å². The lowest BCUT2D eigenvalue weighted by atomic mass is 9.92. The molecule has 1 aromatic heterocycles. The molecule has 1 heterocycles. The summed E-state index contributed by atoms with van der Waals surface area (Å²) in [5.74, 6) is 0. The summed E-state index contributed by atoms with van der Waals surface area (Å²) in [7, 11) is 0. The molecule has 0 saturated carbocycles. The Balaban J connectivity index is 2.29. The van der Waals surface area contributed by atoms with Gasteiger partial charge in [0.1, 0.15) is 0 Å². The molecule has 126 valence electrons. The number of fused-ring (bicyclic) bond motifs is 1. The number of hydrogen-bond donors (Lipinski definition) is 2. The average Bonchev–Trinajstić information content (AvgIpc) is 2.69. The van der Waals surface area contributed by atoms with Gasteiger partial charge >= 0.3 is 11.8 Å². The summed E-state index contributed by atoms with van der Waals surface area (Å²) in [5.41, 5.74) is 0.356. The SMILES string of the molecule is CC(C)(C)N(C(=O)O)C(C)(C)CCn1c(=O)[nH]c2ccccc21. The Morgan fingerprint density at radius 1 is 1.22 bits per heavy atom. The molecule has 0 aliphatic carbocycles. The third-order valence-corrected chi connectivity index (χ3v) is 4.10. The molecule has 23 heavy (non-hydrogen) atoms. The number of aromatic amines is 1. The lowest BCUT2D eigenvalue weighted by Gasteiger charge is -2.45. The summed E-state index contributed by atoms with van der Waals surface area (Å²) >= 11 is 0. The monoisotopic (exact) mass is 319 g/mol. The number of imidazole rings is 1. The lowest BCUT2D eigenvalue weighted by Crippen LogP contribution is -2.57. The van der Waals surface area contributed by atoms with E-state index in [0.717, 1.165) is 11.0 Å². The molecule has 1 aromatic carbocycles. The Morgan fingerprint density at radius 2 is 1.83 bits per heavy atom. The number of carboxylic acid groups (broad SMARTS) is 1. The van der Waals surface area contributed by atoms with Crippen molar-refractivity contribution in [3.63, 3.8) is 0 Å². The van der Waals surface area contributed by atoms with Crippen molar-refractivity contribution < 1.29 is 9.90 Å². The molecule has 0 fully saturated rings. The van der Waals surface area contributed by atoms with Crippen molar-refractivity contribution in [1.82, 2.24) is 14.5 Å². The van der Waals surface area contributed by atoms with E-state index in [1.807, 2.05) is 58.9 Å². The number of aromatic nitrogens is 2. The van der Waals surface area contributed by atoms with Crippen molar-refractivity contribution in [2.45, 2.75) is 58.7 Å². The molecule has 0 aliphatic rings. The highest BCUT2D eigenvalue weighted by atomic mass is 16.4. The molecule has 2 N–H and O–H groups in total. The number of rotatable bonds is 4. The Bertz CT molecular complexity index is 765. The van der Waals surface area contributed by atoms with E-state index in [-0.39, 0.29) is 5.69 Å². The van der Waals surface area contributed by atoms with Crippen molar-refractivity contribution in [2.75, 3.05) is 0 Å². The zero-order valence-corrected chi connectivity index (χ0v) is 14.4. The summed E-state index contributed by atoms with van der Waals surface area (Å²) in [4.78, 5) is 28.1. The van der Waals surface area contributed by atoms with E-state index in [9.17, 15) is 14.7 Å². The molecule has 0 spiro atoms. The van der Waals surface area contributed by atoms with Gasteiger partial charge in [-0.05, 0) is 53.2 Å². The summed E-state index contributed by atoms with van der Waals surface area (Å²) in [6.45, 7) is 9.87. The number of H-pyrrole nitrogens is 1. The van der Waals surface area contributed by atoms with Gasteiger partial charge in [0.15, 0.2) is 0 Å². The van der Waals surface area contributed by atoms with Crippen LogP contribution in [0.15, 0.2) is 29.1 Å². The second-order valence-corrected chi connectivity index (χ2v) is 7.45. The van der Waals surface area contributed by atoms with Crippen LogP contribution < -0.4 is 5.69 Å². The van der Waals surface area contributed by atoms with Crippen LogP contribution in [0.1, 0.15) is 41.0 Å². The molecule has 0 unspecified atom stereocenters. The topological polar surface area (TPSA) is 78.3 Å². The summed E-state index contributed by atoms with van der Waals surface area (Å²) in [5, 5.41) is 9.58. The zero-order valence-electron chi connectivity index (χ0n) is 14.4. The number of carbonyl (C=O) groups is 1. The van der Waals surface area contributed by atoms with Crippen LogP contribution >= 0.6 is 0 Å². The van der Waals surface area contributed by atoms with Crippen molar-refractivity contribution in [3.05, 3.63) is 34.7 Å². The van der Waals surface area contributed by atoms with E-state index in [0.29, 0.717) is 13.0 Å². The van der Waals surface area contributed by atoms with E-state index in [2.05, 4.69) is 4.98 Å². The second-order valence-electron chi connectivity index (χ2n) is 7.45. The Morgan fingerprint density at radius 3 is 2.39 bits per heavy atom. The van der Waals surface area contributed by atoms with Crippen molar-refractivity contribution in [3.8, 4) is 0 Å². The molecule has 0 saturated heterocycles. The Kier molecular flexibility index (Phi) is 4.28. The van der Waals surface area contributed by atoms with E-state index in [4.69, 9.17) is 0 Å². The van der Waals surface area contributed by atoms with Crippen LogP contribution in [0.4, 0.5) is 4.79 Å². The number of amides is 1. The van der Waals surface area contributed by atoms with Gasteiger partial charge in [-0.15, -0.1) is 0 Å². The normalized spacial score (nSPS) is 12.6. The van der Waals surface area contributed by atoms with Crippen LogP contribution in [0.3, 0.4) is 0 Å². The highest BCUT2D eigenvalue weighted by molar-refractivity contribution is 5.74. The van der Waals surface area contributed by atoms with Gasteiger partial charge in [-0.2, -0.15) is 0 Å². The average molecular weight is 319 g/mol. The summed E-state index contributed by atoms with van der Waals surface area (Å²) in [6.07, 6.45) is -0.410. The molecular formula is C17H25N3O3. The third-order valence-electron chi connectivity index (χ3n) is 4.10. The molecule has 2 rings (SSSR count). The fraction of sp³-hybridized carbons (Fsp3) is 0.529. The minimum absolute atomic E-state index is 0.167. The van der Waals surface area contributed by atoms with E-state index in [1.165, 1.54) is 4.90 Å². The third kappa shape index (κ3) is 3.41. The number of nitrogens with zero attached hydrogens (tertiary/aromatic N) is 2. The van der Waals surface area contributed by atoms with Gasteiger partial charge in [0.2, 0.25) is 0 Å². The smallest absolute Gasteiger partial charge is 0.408 e. The first-order valence-electron chi connectivity index (χ1n) is 7.75. The molecule has 6 heteroatoms. The molecule has 2 aromatic rings. The predicted octanol–water partition coefficient (Wildman–Crippen LogP) is 3.28. The molecular weight excluding hydrogens is 294 g/mol. The summed E-state index contributed by atoms with van der Waals surface area (Å²) < 4.78 is 1.67.